The van der Waals surface area contributed by atoms with Gasteiger partial charge in [0.1, 0.15) is 0 Å². The summed E-state index contributed by atoms with van der Waals surface area (Å²) in [4.78, 5) is 0. The van der Waals surface area contributed by atoms with Crippen LogP contribution in [0.25, 0.3) is 0 Å². The second kappa shape index (κ2) is 4.65. The molecule has 14 heavy (non-hydrogen) atoms. The van der Waals surface area contributed by atoms with Crippen molar-refractivity contribution in [1.29, 1.82) is 0 Å². The molecule has 1 nitrogen and oxygen atoms in total. The summed E-state index contributed by atoms with van der Waals surface area (Å²) < 4.78 is 0. The molecule has 1 fully saturated rings. The summed E-state index contributed by atoms with van der Waals surface area (Å²) in [6, 6.07) is 0. The second-order valence-electron chi connectivity index (χ2n) is 6.34. The van der Waals surface area contributed by atoms with Gasteiger partial charge in [-0.2, -0.15) is 0 Å². The molecule has 0 spiro atoms. The molecule has 0 atom stereocenters. The molecule has 84 valence electrons. The van der Waals surface area contributed by atoms with Crippen LogP contribution in [0.4, 0.5) is 0 Å². The third kappa shape index (κ3) is 4.45. The maximum absolute atomic E-state index is 6.47. The molecule has 0 saturated heterocycles. The average Bonchev–Trinajstić information content (AvgIpc) is 2.27. The van der Waals surface area contributed by atoms with E-state index in [1.54, 1.807) is 0 Å². The van der Waals surface area contributed by atoms with Crippen LogP contribution in [0, 0.1) is 5.41 Å². The molecule has 1 saturated carbocycles. The number of nitrogens with two attached hydrogens (primary N) is 1. The molecule has 0 amide bonds. The molecule has 0 aromatic rings. The Bertz CT molecular complexity index is 159. The summed E-state index contributed by atoms with van der Waals surface area (Å²) in [6.07, 6.45) is 10.5. The highest BCUT2D eigenvalue weighted by Crippen LogP contribution is 2.32. The Kier molecular flexibility index (Phi) is 4.00. The van der Waals surface area contributed by atoms with Crippen LogP contribution in [-0.2, 0) is 0 Å². The number of hydrogen-bond acceptors (Lipinski definition) is 1. The zero-order valence-electron chi connectivity index (χ0n) is 10.2. The first-order valence-electron chi connectivity index (χ1n) is 6.20. The molecule has 0 bridgehead atoms. The van der Waals surface area contributed by atoms with Crippen molar-refractivity contribution >= 4 is 0 Å². The van der Waals surface area contributed by atoms with E-state index in [0.717, 1.165) is 0 Å². The van der Waals surface area contributed by atoms with Crippen molar-refractivity contribution < 1.29 is 0 Å². The normalized spacial score (nSPS) is 23.1. The van der Waals surface area contributed by atoms with Crippen LogP contribution in [0.2, 0.25) is 0 Å². The van der Waals surface area contributed by atoms with Crippen LogP contribution < -0.4 is 5.73 Å². The maximum atomic E-state index is 6.47. The summed E-state index contributed by atoms with van der Waals surface area (Å²) in [5.74, 6) is 0. The van der Waals surface area contributed by atoms with E-state index in [-0.39, 0.29) is 5.54 Å². The third-order valence-corrected chi connectivity index (χ3v) is 3.47. The van der Waals surface area contributed by atoms with Crippen molar-refractivity contribution in [3.63, 3.8) is 0 Å². The van der Waals surface area contributed by atoms with Crippen molar-refractivity contribution in [2.75, 3.05) is 0 Å². The molecule has 1 aliphatic carbocycles. The Morgan fingerprint density at radius 3 is 1.93 bits per heavy atom. The van der Waals surface area contributed by atoms with Gasteiger partial charge < -0.3 is 5.73 Å². The lowest BCUT2D eigenvalue weighted by Crippen LogP contribution is -2.39. The molecule has 2 N–H and O–H groups in total. The molecular formula is C13H27N. The van der Waals surface area contributed by atoms with E-state index in [9.17, 15) is 0 Å². The van der Waals surface area contributed by atoms with Gasteiger partial charge in [0.05, 0.1) is 0 Å². The zero-order chi connectivity index (χ0) is 10.7. The van der Waals surface area contributed by atoms with E-state index in [1.165, 1.54) is 51.4 Å². The lowest BCUT2D eigenvalue weighted by molar-refractivity contribution is 0.269. The van der Waals surface area contributed by atoms with Crippen molar-refractivity contribution in [1.82, 2.24) is 0 Å². The minimum absolute atomic E-state index is 0.170. The Labute approximate surface area is 89.5 Å². The fourth-order valence-corrected chi connectivity index (χ4v) is 2.31. The first-order valence-corrected chi connectivity index (χ1v) is 6.20. The third-order valence-electron chi connectivity index (χ3n) is 3.47. The molecule has 0 aromatic heterocycles. The van der Waals surface area contributed by atoms with Gasteiger partial charge in [0, 0.05) is 5.54 Å². The minimum Gasteiger partial charge on any atom is -0.325 e. The van der Waals surface area contributed by atoms with Gasteiger partial charge in [-0.05, 0) is 31.1 Å². The molecule has 0 heterocycles. The smallest absolute Gasteiger partial charge is 0.0154 e. The Hall–Kier alpha value is -0.0400. The van der Waals surface area contributed by atoms with Gasteiger partial charge in [-0.3, -0.25) is 0 Å². The van der Waals surface area contributed by atoms with Crippen LogP contribution in [0.1, 0.15) is 72.1 Å². The predicted octanol–water partition coefficient (Wildman–Crippen LogP) is 3.86. The van der Waals surface area contributed by atoms with Crippen LogP contribution in [0.3, 0.4) is 0 Å². The first-order chi connectivity index (χ1) is 6.41. The molecule has 1 rings (SSSR count). The fraction of sp³-hybridized carbons (Fsp3) is 1.00. The van der Waals surface area contributed by atoms with Gasteiger partial charge in [-0.25, -0.2) is 0 Å². The fourth-order valence-electron chi connectivity index (χ4n) is 2.31. The van der Waals surface area contributed by atoms with Gasteiger partial charge in [-0.15, -0.1) is 0 Å². The largest absolute Gasteiger partial charge is 0.325 e. The van der Waals surface area contributed by atoms with Crippen LogP contribution >= 0.6 is 0 Å². The van der Waals surface area contributed by atoms with Gasteiger partial charge in [0.15, 0.2) is 0 Å². The van der Waals surface area contributed by atoms with Gasteiger partial charge in [0.25, 0.3) is 0 Å². The topological polar surface area (TPSA) is 26.0 Å². The predicted molar refractivity (Wildman–Crippen MR) is 63.3 cm³/mol. The van der Waals surface area contributed by atoms with Crippen LogP contribution in [-0.4, -0.2) is 5.54 Å². The molecule has 1 heteroatoms. The van der Waals surface area contributed by atoms with Crippen molar-refractivity contribution in [2.24, 2.45) is 11.1 Å². The zero-order valence-corrected chi connectivity index (χ0v) is 10.2. The summed E-state index contributed by atoms with van der Waals surface area (Å²) in [7, 11) is 0. The van der Waals surface area contributed by atoms with E-state index in [1.807, 2.05) is 0 Å². The average molecular weight is 197 g/mol. The molecule has 0 aromatic carbocycles. The molecular weight excluding hydrogens is 170 g/mol. The highest BCUT2D eigenvalue weighted by molar-refractivity contribution is 4.87. The molecule has 0 unspecified atom stereocenters. The monoisotopic (exact) mass is 197 g/mol. The molecule has 1 aliphatic rings. The quantitative estimate of drug-likeness (QED) is 0.668. The van der Waals surface area contributed by atoms with Crippen LogP contribution in [0.5, 0.6) is 0 Å². The van der Waals surface area contributed by atoms with E-state index in [2.05, 4.69) is 20.8 Å². The Morgan fingerprint density at radius 1 is 1.00 bits per heavy atom. The van der Waals surface area contributed by atoms with E-state index in [0.29, 0.717) is 5.41 Å². The first kappa shape index (κ1) is 12.0. The highest BCUT2D eigenvalue weighted by Gasteiger charge is 2.27. The van der Waals surface area contributed by atoms with Crippen molar-refractivity contribution in [3.8, 4) is 0 Å². The minimum atomic E-state index is 0.170. The number of hydrogen-bond donors (Lipinski definition) is 1. The van der Waals surface area contributed by atoms with Crippen molar-refractivity contribution in [2.45, 2.75) is 77.7 Å². The standard InChI is InChI=1S/C13H27N/c1-12(2,3)10-11-13(14)8-6-4-5-7-9-13/h4-11,14H2,1-3H3. The van der Waals surface area contributed by atoms with E-state index >= 15 is 0 Å². The van der Waals surface area contributed by atoms with E-state index < -0.39 is 0 Å². The highest BCUT2D eigenvalue weighted by atomic mass is 14.7. The summed E-state index contributed by atoms with van der Waals surface area (Å²) in [5, 5.41) is 0. The molecule has 0 aliphatic heterocycles. The molecule has 0 radical (unpaired) electrons. The second-order valence-corrected chi connectivity index (χ2v) is 6.34. The van der Waals surface area contributed by atoms with Gasteiger partial charge in [-0.1, -0.05) is 46.5 Å². The Balaban J connectivity index is 2.39. The summed E-state index contributed by atoms with van der Waals surface area (Å²) in [5.41, 5.74) is 7.08. The van der Waals surface area contributed by atoms with Crippen molar-refractivity contribution in [3.05, 3.63) is 0 Å². The summed E-state index contributed by atoms with van der Waals surface area (Å²) in [6.45, 7) is 6.94. The van der Waals surface area contributed by atoms with Gasteiger partial charge in [0.2, 0.25) is 0 Å². The lowest BCUT2D eigenvalue weighted by Gasteiger charge is -2.31. The van der Waals surface area contributed by atoms with Gasteiger partial charge >= 0.3 is 0 Å². The van der Waals surface area contributed by atoms with Crippen LogP contribution in [0.15, 0.2) is 0 Å². The Morgan fingerprint density at radius 2 is 1.50 bits per heavy atom. The SMILES string of the molecule is CC(C)(C)CCC1(N)CCCCCC1. The lowest BCUT2D eigenvalue weighted by atomic mass is 9.80. The van der Waals surface area contributed by atoms with E-state index in [4.69, 9.17) is 5.73 Å². The summed E-state index contributed by atoms with van der Waals surface area (Å²) >= 11 is 0. The maximum Gasteiger partial charge on any atom is 0.0154 e. The number of rotatable bonds is 2.